The highest BCUT2D eigenvalue weighted by atomic mass is 32.2. The third-order valence-corrected chi connectivity index (χ3v) is 8.71. The highest BCUT2D eigenvalue weighted by Gasteiger charge is 2.39. The number of hydrogen-bond acceptors (Lipinski definition) is 6. The van der Waals surface area contributed by atoms with Crippen molar-refractivity contribution in [3.8, 4) is 0 Å². The van der Waals surface area contributed by atoms with E-state index in [0.717, 1.165) is 62.5 Å². The minimum Gasteiger partial charge on any atom is -0.335 e. The number of rotatable bonds is 5. The van der Waals surface area contributed by atoms with Crippen molar-refractivity contribution in [2.24, 2.45) is 0 Å². The van der Waals surface area contributed by atoms with Crippen LogP contribution >= 0.6 is 11.8 Å². The average molecular weight is 413 g/mol. The number of aryl methyl sites for hydroxylation is 1. The molecule has 1 saturated carbocycles. The molecule has 4 rings (SSSR count). The Morgan fingerprint density at radius 3 is 2.63 bits per heavy atom. The van der Waals surface area contributed by atoms with Gasteiger partial charge in [0, 0.05) is 25.0 Å². The minimum absolute atomic E-state index is 0.0555. The monoisotopic (exact) mass is 412 g/mol. The van der Waals surface area contributed by atoms with Crippen molar-refractivity contribution in [3.63, 3.8) is 0 Å². The summed E-state index contributed by atoms with van der Waals surface area (Å²) in [6, 6.07) is 0.0497. The lowest BCUT2D eigenvalue weighted by atomic mass is 10.1. The quantitative estimate of drug-likeness (QED) is 0.688. The van der Waals surface area contributed by atoms with E-state index in [2.05, 4.69) is 14.8 Å². The van der Waals surface area contributed by atoms with Gasteiger partial charge in [-0.15, -0.1) is 10.2 Å². The van der Waals surface area contributed by atoms with Crippen molar-refractivity contribution in [3.05, 3.63) is 5.82 Å². The number of hydrogen-bond donors (Lipinski definition) is 0. The van der Waals surface area contributed by atoms with Gasteiger partial charge in [0.1, 0.15) is 5.82 Å². The maximum atomic E-state index is 13.1. The zero-order valence-electron chi connectivity index (χ0n) is 15.7. The molecule has 0 aromatic carbocycles. The van der Waals surface area contributed by atoms with Crippen LogP contribution in [0.25, 0.3) is 0 Å². The molecular formula is C18H28N4O3S2. The molecule has 1 saturated heterocycles. The van der Waals surface area contributed by atoms with Gasteiger partial charge in [-0.25, -0.2) is 8.42 Å². The van der Waals surface area contributed by atoms with Gasteiger partial charge in [0.05, 0.1) is 17.3 Å². The summed E-state index contributed by atoms with van der Waals surface area (Å²) in [4.78, 5) is 15.0. The van der Waals surface area contributed by atoms with Crippen LogP contribution in [-0.4, -0.2) is 63.3 Å². The van der Waals surface area contributed by atoms with Crippen molar-refractivity contribution in [1.29, 1.82) is 0 Å². The van der Waals surface area contributed by atoms with Gasteiger partial charge in [-0.3, -0.25) is 4.79 Å². The Balaban J connectivity index is 1.45. The molecule has 1 aromatic rings. The van der Waals surface area contributed by atoms with Gasteiger partial charge in [-0.2, -0.15) is 0 Å². The van der Waals surface area contributed by atoms with E-state index in [-0.39, 0.29) is 29.5 Å². The summed E-state index contributed by atoms with van der Waals surface area (Å²) in [5, 5.41) is 9.42. The SMILES string of the molecule is O=C(CSc1nnc2n1CCCCC2)N(C1CCCC1)[C@@H]1CCS(=O)(=O)C1. The third kappa shape index (κ3) is 4.34. The van der Waals surface area contributed by atoms with Gasteiger partial charge in [-0.1, -0.05) is 31.0 Å². The van der Waals surface area contributed by atoms with Crippen LogP contribution in [0.1, 0.15) is 57.2 Å². The lowest BCUT2D eigenvalue weighted by Gasteiger charge is -2.34. The Bertz CT molecular complexity index is 787. The van der Waals surface area contributed by atoms with E-state index in [9.17, 15) is 13.2 Å². The van der Waals surface area contributed by atoms with Gasteiger partial charge in [0.15, 0.2) is 15.0 Å². The maximum absolute atomic E-state index is 13.1. The van der Waals surface area contributed by atoms with Crippen LogP contribution in [0, 0.1) is 0 Å². The van der Waals surface area contributed by atoms with Gasteiger partial charge in [0.2, 0.25) is 5.91 Å². The second-order valence-electron chi connectivity index (χ2n) is 7.95. The van der Waals surface area contributed by atoms with Crippen molar-refractivity contribution < 1.29 is 13.2 Å². The fraction of sp³-hybridized carbons (Fsp3) is 0.833. The van der Waals surface area contributed by atoms with Crippen LogP contribution in [0.4, 0.5) is 0 Å². The topological polar surface area (TPSA) is 85.2 Å². The van der Waals surface area contributed by atoms with E-state index in [1.54, 1.807) is 0 Å². The lowest BCUT2D eigenvalue weighted by molar-refractivity contribution is -0.132. The predicted octanol–water partition coefficient (Wildman–Crippen LogP) is 2.05. The largest absolute Gasteiger partial charge is 0.335 e. The number of carbonyl (C=O) groups excluding carboxylic acids is 1. The van der Waals surface area contributed by atoms with E-state index < -0.39 is 9.84 Å². The highest BCUT2D eigenvalue weighted by molar-refractivity contribution is 7.99. The Hall–Kier alpha value is -1.09. The number of nitrogens with zero attached hydrogens (tertiary/aromatic N) is 4. The Morgan fingerprint density at radius 1 is 1.07 bits per heavy atom. The summed E-state index contributed by atoms with van der Waals surface area (Å²) in [5.41, 5.74) is 0. The first-order valence-electron chi connectivity index (χ1n) is 10.1. The smallest absolute Gasteiger partial charge is 0.233 e. The molecule has 0 radical (unpaired) electrons. The van der Waals surface area contributed by atoms with Crippen LogP contribution in [0.5, 0.6) is 0 Å². The number of fused-ring (bicyclic) bond motifs is 1. The van der Waals surface area contributed by atoms with Crippen LogP contribution in [0.15, 0.2) is 5.16 Å². The molecule has 3 aliphatic rings. The first-order valence-corrected chi connectivity index (χ1v) is 12.9. The van der Waals surface area contributed by atoms with Crippen LogP contribution in [0.3, 0.4) is 0 Å². The summed E-state index contributed by atoms with van der Waals surface area (Å²) >= 11 is 1.45. The molecule has 2 fully saturated rings. The number of carbonyl (C=O) groups is 1. The molecule has 0 unspecified atom stereocenters. The summed E-state index contributed by atoms with van der Waals surface area (Å²) in [7, 11) is -3.00. The van der Waals surface area contributed by atoms with Crippen molar-refractivity contribution in [1.82, 2.24) is 19.7 Å². The maximum Gasteiger partial charge on any atom is 0.233 e. The summed E-state index contributed by atoms with van der Waals surface area (Å²) in [6.07, 6.45) is 9.25. The molecule has 27 heavy (non-hydrogen) atoms. The molecule has 0 bridgehead atoms. The number of amides is 1. The summed E-state index contributed by atoms with van der Waals surface area (Å²) < 4.78 is 26.1. The number of aromatic nitrogens is 3. The second-order valence-corrected chi connectivity index (χ2v) is 11.1. The number of thioether (sulfide) groups is 1. The van der Waals surface area contributed by atoms with E-state index in [1.165, 1.54) is 18.2 Å². The molecule has 150 valence electrons. The van der Waals surface area contributed by atoms with Crippen molar-refractivity contribution >= 4 is 27.5 Å². The van der Waals surface area contributed by atoms with Crippen LogP contribution < -0.4 is 0 Å². The molecule has 1 atom stereocenters. The molecular weight excluding hydrogens is 384 g/mol. The highest BCUT2D eigenvalue weighted by Crippen LogP contribution is 2.30. The average Bonchev–Trinajstić information content (AvgIpc) is 3.32. The minimum atomic E-state index is -3.00. The van der Waals surface area contributed by atoms with Gasteiger partial charge in [0.25, 0.3) is 0 Å². The summed E-state index contributed by atoms with van der Waals surface area (Å²) in [6.45, 7) is 0.923. The van der Waals surface area contributed by atoms with Crippen molar-refractivity contribution in [2.75, 3.05) is 17.3 Å². The van der Waals surface area contributed by atoms with Gasteiger partial charge in [-0.05, 0) is 32.1 Å². The third-order valence-electron chi connectivity index (χ3n) is 6.01. The normalized spacial score (nSPS) is 25.3. The molecule has 1 amide bonds. The Kier molecular flexibility index (Phi) is 5.78. The first kappa shape index (κ1) is 19.2. The van der Waals surface area contributed by atoms with E-state index in [1.807, 2.05) is 4.90 Å². The van der Waals surface area contributed by atoms with Crippen LogP contribution in [0.2, 0.25) is 0 Å². The van der Waals surface area contributed by atoms with E-state index in [0.29, 0.717) is 12.2 Å². The molecule has 1 aromatic heterocycles. The predicted molar refractivity (Wildman–Crippen MR) is 104 cm³/mol. The number of sulfone groups is 1. The molecule has 0 N–H and O–H groups in total. The molecule has 2 aliphatic heterocycles. The molecule has 7 nitrogen and oxygen atoms in total. The molecule has 0 spiro atoms. The van der Waals surface area contributed by atoms with Crippen molar-refractivity contribution in [2.45, 2.75) is 81.6 Å². The second kappa shape index (κ2) is 8.11. The molecule has 3 heterocycles. The summed E-state index contributed by atoms with van der Waals surface area (Å²) in [5.74, 6) is 1.72. The zero-order valence-corrected chi connectivity index (χ0v) is 17.3. The lowest BCUT2D eigenvalue weighted by Crippen LogP contribution is -2.47. The molecule has 9 heteroatoms. The molecule has 1 aliphatic carbocycles. The fourth-order valence-corrected chi connectivity index (χ4v) is 7.21. The van der Waals surface area contributed by atoms with Crippen LogP contribution in [-0.2, 0) is 27.6 Å². The van der Waals surface area contributed by atoms with E-state index >= 15 is 0 Å². The standard InChI is InChI=1S/C18H28N4O3S2/c23-17(12-26-18-20-19-16-8-2-1-5-10-21(16)18)22(14-6-3-4-7-14)15-9-11-27(24,25)13-15/h14-15H,1-13H2/t15-/m1/s1. The van der Waals surface area contributed by atoms with E-state index in [4.69, 9.17) is 0 Å². The zero-order chi connectivity index (χ0) is 18.9. The Morgan fingerprint density at radius 2 is 1.89 bits per heavy atom. The van der Waals surface area contributed by atoms with Gasteiger partial charge >= 0.3 is 0 Å². The van der Waals surface area contributed by atoms with Gasteiger partial charge < -0.3 is 9.47 Å². The first-order chi connectivity index (χ1) is 13.0. The fourth-order valence-electron chi connectivity index (χ4n) is 4.65. The Labute approximate surface area is 165 Å².